The maximum Gasteiger partial charge on any atom is 0.337 e. The Morgan fingerprint density at radius 1 is 0.679 bits per heavy atom. The molecular weight excluding hydrogens is 358 g/mol. The Kier molecular flexibility index (Phi) is 6.43. The molecule has 0 saturated heterocycles. The van der Waals surface area contributed by atoms with Gasteiger partial charge in [-0.25, -0.2) is 4.79 Å². The highest BCUT2D eigenvalue weighted by molar-refractivity contribution is 6.09. The first-order chi connectivity index (χ1) is 13.3. The minimum Gasteiger partial charge on any atom is -0.478 e. The van der Waals surface area contributed by atoms with Crippen molar-refractivity contribution in [2.24, 2.45) is 0 Å². The van der Waals surface area contributed by atoms with Gasteiger partial charge >= 0.3 is 5.97 Å². The van der Waals surface area contributed by atoms with Gasteiger partial charge in [-0.1, -0.05) is 30.3 Å². The molecule has 0 heterocycles. The number of carbonyl (C=O) groups excluding carboxylic acids is 1. The van der Waals surface area contributed by atoms with Crippen molar-refractivity contribution in [2.75, 3.05) is 28.3 Å². The molecule has 0 aliphatic carbocycles. The fraction of sp³-hybridized carbons (Fsp3) is 0. The van der Waals surface area contributed by atoms with Crippen molar-refractivity contribution >= 4 is 40.3 Å². The molecule has 0 spiro atoms. The van der Waals surface area contributed by atoms with Gasteiger partial charge in [0, 0.05) is 5.69 Å². The van der Waals surface area contributed by atoms with Crippen LogP contribution in [0.2, 0.25) is 0 Å². The van der Waals surface area contributed by atoms with E-state index in [-0.39, 0.29) is 17.2 Å². The van der Waals surface area contributed by atoms with Gasteiger partial charge in [-0.3, -0.25) is 4.79 Å². The zero-order valence-electron chi connectivity index (χ0n) is 14.9. The van der Waals surface area contributed by atoms with E-state index in [0.717, 1.165) is 5.69 Å². The van der Waals surface area contributed by atoms with Crippen LogP contribution in [0.5, 0.6) is 0 Å². The summed E-state index contributed by atoms with van der Waals surface area (Å²) in [5, 5.41) is 11.3. The van der Waals surface area contributed by atoms with Gasteiger partial charge in [0.25, 0.3) is 5.91 Å². The van der Waals surface area contributed by atoms with E-state index in [4.69, 9.17) is 28.0 Å². The number of anilines is 5. The fourth-order valence-corrected chi connectivity index (χ4v) is 2.27. The monoisotopic (exact) mass is 379 g/mol. The van der Waals surface area contributed by atoms with Gasteiger partial charge in [0.2, 0.25) is 0 Å². The number of aromatic carboxylic acids is 1. The lowest BCUT2D eigenvalue weighted by Gasteiger charge is -2.08. The van der Waals surface area contributed by atoms with E-state index in [2.05, 4.69) is 5.32 Å². The summed E-state index contributed by atoms with van der Waals surface area (Å²) < 4.78 is 0. The van der Waals surface area contributed by atoms with Gasteiger partial charge in [-0.15, -0.1) is 0 Å². The highest BCUT2D eigenvalue weighted by Crippen LogP contribution is 2.21. The Morgan fingerprint density at radius 2 is 1.18 bits per heavy atom. The van der Waals surface area contributed by atoms with E-state index >= 15 is 0 Å². The molecule has 0 unspecified atom stereocenters. The predicted octanol–water partition coefficient (Wildman–Crippen LogP) is 2.65. The Labute approximate surface area is 161 Å². The Morgan fingerprint density at radius 3 is 1.68 bits per heavy atom. The van der Waals surface area contributed by atoms with Crippen LogP contribution in [0.3, 0.4) is 0 Å². The molecule has 0 atom stereocenters. The molecule has 3 aromatic carbocycles. The lowest BCUT2D eigenvalue weighted by molar-refractivity contribution is 0.0698. The number of carboxylic acids is 1. The molecule has 3 rings (SSSR count). The number of hydrogen-bond donors (Lipinski definition) is 6. The number of nitrogens with one attached hydrogen (secondary N) is 1. The summed E-state index contributed by atoms with van der Waals surface area (Å²) in [5.74, 6) is -1.32. The summed E-state index contributed by atoms with van der Waals surface area (Å²) in [5.41, 5.74) is 24.4. The smallest absolute Gasteiger partial charge is 0.337 e. The number of amides is 1. The number of benzene rings is 3. The van der Waals surface area contributed by atoms with Crippen LogP contribution in [0, 0.1) is 0 Å². The molecule has 0 fully saturated rings. The van der Waals surface area contributed by atoms with Crippen LogP contribution < -0.4 is 28.3 Å². The molecule has 0 radical (unpaired) electrons. The number of carboxylic acid groups (broad SMARTS) is 1. The van der Waals surface area contributed by atoms with Crippen molar-refractivity contribution in [3.8, 4) is 0 Å². The largest absolute Gasteiger partial charge is 0.478 e. The summed E-state index contributed by atoms with van der Waals surface area (Å²) in [6, 6.07) is 18.7. The minimum atomic E-state index is -1.06. The van der Waals surface area contributed by atoms with Crippen molar-refractivity contribution in [3.63, 3.8) is 0 Å². The molecule has 8 heteroatoms. The normalized spacial score (nSPS) is 9.71. The molecule has 8 nitrogen and oxygen atoms in total. The first-order valence-corrected chi connectivity index (χ1v) is 8.19. The molecule has 0 aliphatic rings. The molecule has 0 bridgehead atoms. The molecule has 0 saturated carbocycles. The van der Waals surface area contributed by atoms with Gasteiger partial charge in [0.15, 0.2) is 0 Å². The third-order valence-electron chi connectivity index (χ3n) is 3.79. The molecule has 3 aromatic rings. The molecule has 0 aromatic heterocycles. The van der Waals surface area contributed by atoms with Crippen molar-refractivity contribution in [2.45, 2.75) is 0 Å². The van der Waals surface area contributed by atoms with Crippen molar-refractivity contribution in [1.29, 1.82) is 0 Å². The lowest BCUT2D eigenvalue weighted by Crippen LogP contribution is -2.14. The second-order valence-electron chi connectivity index (χ2n) is 5.74. The van der Waals surface area contributed by atoms with E-state index in [0.29, 0.717) is 22.6 Å². The fourth-order valence-electron chi connectivity index (χ4n) is 2.27. The first-order valence-electron chi connectivity index (χ1n) is 8.19. The van der Waals surface area contributed by atoms with E-state index in [1.54, 1.807) is 42.5 Å². The number of rotatable bonds is 3. The SMILES string of the molecule is Nc1cccc(C(=O)Nc2ccccc2)c1N.Nc1cccc(C(=O)O)c1N. The second kappa shape index (κ2) is 8.95. The van der Waals surface area contributed by atoms with Crippen LogP contribution in [-0.4, -0.2) is 17.0 Å². The summed E-state index contributed by atoms with van der Waals surface area (Å²) in [6.07, 6.45) is 0. The highest BCUT2D eigenvalue weighted by atomic mass is 16.4. The predicted molar refractivity (Wildman–Crippen MR) is 112 cm³/mol. The number of carbonyl (C=O) groups is 2. The standard InChI is InChI=1S/C13H13N3O.C7H8N2O2/c14-11-8-4-7-10(12(11)15)13(17)16-9-5-2-1-3-6-9;8-5-3-1-2-4(6(5)9)7(10)11/h1-8H,14-15H2,(H,16,17);1-3H,8-9H2,(H,10,11). The van der Waals surface area contributed by atoms with Crippen LogP contribution >= 0.6 is 0 Å². The van der Waals surface area contributed by atoms with Crippen molar-refractivity contribution in [3.05, 3.63) is 77.9 Å². The summed E-state index contributed by atoms with van der Waals surface area (Å²) in [7, 11) is 0. The number of nitrogen functional groups attached to an aromatic ring is 4. The molecule has 0 aliphatic heterocycles. The lowest BCUT2D eigenvalue weighted by atomic mass is 10.1. The van der Waals surface area contributed by atoms with E-state index in [1.165, 1.54) is 6.07 Å². The maximum atomic E-state index is 11.9. The van der Waals surface area contributed by atoms with Gasteiger partial charge < -0.3 is 33.4 Å². The van der Waals surface area contributed by atoms with E-state index in [9.17, 15) is 9.59 Å². The Bertz CT molecular complexity index is 990. The first kappa shape index (κ1) is 20.1. The van der Waals surface area contributed by atoms with Crippen LogP contribution in [0.4, 0.5) is 28.4 Å². The minimum absolute atomic E-state index is 0.0463. The summed E-state index contributed by atoms with van der Waals surface area (Å²) >= 11 is 0. The number of para-hydroxylation sites is 3. The van der Waals surface area contributed by atoms with Gasteiger partial charge in [-0.2, -0.15) is 0 Å². The average molecular weight is 379 g/mol. The van der Waals surface area contributed by atoms with Crippen LogP contribution in [0.25, 0.3) is 0 Å². The zero-order valence-corrected chi connectivity index (χ0v) is 14.9. The van der Waals surface area contributed by atoms with Gasteiger partial charge in [-0.05, 0) is 36.4 Å². The molecule has 1 amide bonds. The number of nitrogens with two attached hydrogens (primary N) is 4. The van der Waals surface area contributed by atoms with E-state index in [1.807, 2.05) is 18.2 Å². The second-order valence-corrected chi connectivity index (χ2v) is 5.74. The summed E-state index contributed by atoms with van der Waals surface area (Å²) in [6.45, 7) is 0. The van der Waals surface area contributed by atoms with Crippen LogP contribution in [0.15, 0.2) is 66.7 Å². The highest BCUT2D eigenvalue weighted by Gasteiger charge is 2.11. The van der Waals surface area contributed by atoms with Crippen molar-refractivity contribution in [1.82, 2.24) is 0 Å². The molecular formula is C20H21N5O3. The maximum absolute atomic E-state index is 11.9. The van der Waals surface area contributed by atoms with Crippen LogP contribution in [-0.2, 0) is 0 Å². The molecule has 144 valence electrons. The number of hydrogen-bond acceptors (Lipinski definition) is 6. The van der Waals surface area contributed by atoms with Crippen molar-refractivity contribution < 1.29 is 14.7 Å². The Hall–Kier alpha value is -4.20. The molecule has 10 N–H and O–H groups in total. The van der Waals surface area contributed by atoms with Gasteiger partial charge in [0.1, 0.15) is 0 Å². The average Bonchev–Trinajstić information content (AvgIpc) is 2.67. The third-order valence-corrected chi connectivity index (χ3v) is 3.79. The quantitative estimate of drug-likeness (QED) is 0.380. The summed E-state index contributed by atoms with van der Waals surface area (Å²) in [4.78, 5) is 22.4. The Balaban J connectivity index is 0.000000221. The van der Waals surface area contributed by atoms with E-state index < -0.39 is 5.97 Å². The zero-order chi connectivity index (χ0) is 20.7. The molecule has 28 heavy (non-hydrogen) atoms. The van der Waals surface area contributed by atoms with Crippen LogP contribution in [0.1, 0.15) is 20.7 Å². The van der Waals surface area contributed by atoms with Gasteiger partial charge in [0.05, 0.1) is 33.9 Å². The third kappa shape index (κ3) is 4.92. The topological polar surface area (TPSA) is 170 Å².